The van der Waals surface area contributed by atoms with Crippen molar-refractivity contribution in [2.45, 2.75) is 42.5 Å². The largest absolute Gasteiger partial charge is 0.231 e. The van der Waals surface area contributed by atoms with Crippen LogP contribution in [0.5, 0.6) is 0 Å². The quantitative estimate of drug-likeness (QED) is 0.677. The Bertz CT molecular complexity index is 244. The molecule has 0 N–H and O–H groups in total. The van der Waals surface area contributed by atoms with Crippen molar-refractivity contribution < 1.29 is 0 Å². The van der Waals surface area contributed by atoms with E-state index in [-0.39, 0.29) is 0 Å². The first-order valence-electron chi connectivity index (χ1n) is 4.89. The van der Waals surface area contributed by atoms with Crippen LogP contribution >= 0.6 is 11.8 Å². The van der Waals surface area contributed by atoms with E-state index in [9.17, 15) is 0 Å². The highest BCUT2D eigenvalue weighted by Crippen LogP contribution is 2.31. The molecule has 0 saturated heterocycles. The monoisotopic (exact) mass is 194 g/mol. The second-order valence-electron chi connectivity index (χ2n) is 3.41. The van der Waals surface area contributed by atoms with E-state index < -0.39 is 0 Å². The minimum Gasteiger partial charge on any atom is -0.231 e. The topological polar surface area (TPSA) is 25.8 Å². The Kier molecular flexibility index (Phi) is 3.19. The highest BCUT2D eigenvalue weighted by atomic mass is 32.2. The van der Waals surface area contributed by atoms with Crippen molar-refractivity contribution in [3.05, 3.63) is 18.5 Å². The lowest BCUT2D eigenvalue weighted by Crippen LogP contribution is -2.08. The van der Waals surface area contributed by atoms with E-state index in [0.29, 0.717) is 0 Å². The summed E-state index contributed by atoms with van der Waals surface area (Å²) < 4.78 is 0. The molecule has 2 rings (SSSR count). The van der Waals surface area contributed by atoms with Crippen molar-refractivity contribution in [3.8, 4) is 0 Å². The fraction of sp³-hybridized carbons (Fsp3) is 0.600. The molecular formula is C10H14N2S. The van der Waals surface area contributed by atoms with Gasteiger partial charge in [-0.3, -0.25) is 0 Å². The number of rotatable bonds is 2. The van der Waals surface area contributed by atoms with Crippen LogP contribution in [0.2, 0.25) is 0 Å². The van der Waals surface area contributed by atoms with E-state index in [2.05, 4.69) is 9.97 Å². The second-order valence-corrected chi connectivity index (χ2v) is 4.68. The van der Waals surface area contributed by atoms with E-state index >= 15 is 0 Å². The first-order valence-corrected chi connectivity index (χ1v) is 5.77. The Labute approximate surface area is 83.2 Å². The van der Waals surface area contributed by atoms with Crippen LogP contribution in [0.3, 0.4) is 0 Å². The molecule has 0 amide bonds. The van der Waals surface area contributed by atoms with Crippen LogP contribution in [0.4, 0.5) is 0 Å². The third-order valence-corrected chi connectivity index (χ3v) is 3.59. The molecule has 1 fully saturated rings. The van der Waals surface area contributed by atoms with Crippen molar-refractivity contribution >= 4 is 11.8 Å². The van der Waals surface area contributed by atoms with E-state index in [1.807, 2.05) is 30.2 Å². The Morgan fingerprint density at radius 1 is 1.08 bits per heavy atom. The molecule has 0 unspecified atom stereocenters. The van der Waals surface area contributed by atoms with E-state index in [1.54, 1.807) is 0 Å². The summed E-state index contributed by atoms with van der Waals surface area (Å²) in [5.41, 5.74) is 0. The zero-order chi connectivity index (χ0) is 8.93. The van der Waals surface area contributed by atoms with E-state index in [1.165, 1.54) is 32.1 Å². The van der Waals surface area contributed by atoms with Crippen molar-refractivity contribution in [1.29, 1.82) is 0 Å². The predicted octanol–water partition coefficient (Wildman–Crippen LogP) is 2.90. The summed E-state index contributed by atoms with van der Waals surface area (Å²) in [6.45, 7) is 0. The average molecular weight is 194 g/mol. The molecule has 2 nitrogen and oxygen atoms in total. The number of thioether (sulfide) groups is 1. The molecule has 3 heteroatoms. The lowest BCUT2D eigenvalue weighted by molar-refractivity contribution is 0.515. The molecular weight excluding hydrogens is 180 g/mol. The van der Waals surface area contributed by atoms with Gasteiger partial charge in [-0.2, -0.15) is 0 Å². The van der Waals surface area contributed by atoms with Crippen molar-refractivity contribution in [2.24, 2.45) is 0 Å². The number of nitrogens with zero attached hydrogens (tertiary/aromatic N) is 2. The Morgan fingerprint density at radius 2 is 1.77 bits per heavy atom. The average Bonchev–Trinajstić information content (AvgIpc) is 2.21. The molecule has 1 saturated carbocycles. The minimum atomic E-state index is 0.760. The van der Waals surface area contributed by atoms with Gasteiger partial charge in [-0.1, -0.05) is 31.0 Å². The first kappa shape index (κ1) is 9.00. The molecule has 0 spiro atoms. The maximum atomic E-state index is 4.22. The van der Waals surface area contributed by atoms with Crippen molar-refractivity contribution in [2.75, 3.05) is 0 Å². The van der Waals surface area contributed by atoms with Crippen LogP contribution in [-0.4, -0.2) is 15.2 Å². The van der Waals surface area contributed by atoms with Gasteiger partial charge in [0.2, 0.25) is 0 Å². The maximum Gasteiger partial charge on any atom is 0.187 e. The maximum absolute atomic E-state index is 4.22. The molecule has 1 heterocycles. The van der Waals surface area contributed by atoms with Gasteiger partial charge in [0.25, 0.3) is 0 Å². The molecule has 1 aliphatic rings. The molecule has 0 radical (unpaired) electrons. The van der Waals surface area contributed by atoms with Gasteiger partial charge in [-0.05, 0) is 18.9 Å². The first-order chi connectivity index (χ1) is 6.45. The Hall–Kier alpha value is -0.570. The summed E-state index contributed by atoms with van der Waals surface area (Å²) in [7, 11) is 0. The molecule has 70 valence electrons. The fourth-order valence-electron chi connectivity index (χ4n) is 1.68. The van der Waals surface area contributed by atoms with Gasteiger partial charge in [0.1, 0.15) is 0 Å². The van der Waals surface area contributed by atoms with Crippen LogP contribution in [-0.2, 0) is 0 Å². The lowest BCUT2D eigenvalue weighted by atomic mass is 10.0. The highest BCUT2D eigenvalue weighted by Gasteiger charge is 2.15. The molecule has 13 heavy (non-hydrogen) atoms. The van der Waals surface area contributed by atoms with Gasteiger partial charge in [-0.15, -0.1) is 0 Å². The minimum absolute atomic E-state index is 0.760. The highest BCUT2D eigenvalue weighted by molar-refractivity contribution is 7.99. The van der Waals surface area contributed by atoms with Gasteiger partial charge in [0.15, 0.2) is 5.16 Å². The van der Waals surface area contributed by atoms with Crippen molar-refractivity contribution in [3.63, 3.8) is 0 Å². The summed E-state index contributed by atoms with van der Waals surface area (Å²) in [5, 5.41) is 1.70. The van der Waals surface area contributed by atoms with Crippen LogP contribution in [0, 0.1) is 0 Å². The molecule has 1 aromatic heterocycles. The predicted molar refractivity (Wildman–Crippen MR) is 54.8 cm³/mol. The molecule has 0 atom stereocenters. The number of hydrogen-bond acceptors (Lipinski definition) is 3. The van der Waals surface area contributed by atoms with Gasteiger partial charge < -0.3 is 0 Å². The van der Waals surface area contributed by atoms with Gasteiger partial charge in [0.05, 0.1) is 0 Å². The van der Waals surface area contributed by atoms with E-state index in [4.69, 9.17) is 0 Å². The molecule has 0 aliphatic heterocycles. The SMILES string of the molecule is c1cnc(SC2CCCCC2)nc1. The lowest BCUT2D eigenvalue weighted by Gasteiger charge is -2.19. The summed E-state index contributed by atoms with van der Waals surface area (Å²) >= 11 is 1.84. The fourth-order valence-corrected chi connectivity index (χ4v) is 2.79. The standard InChI is InChI=1S/C10H14N2S/c1-2-5-9(6-3-1)13-10-11-7-4-8-12-10/h4,7-9H,1-3,5-6H2. The Morgan fingerprint density at radius 3 is 2.46 bits per heavy atom. The number of aromatic nitrogens is 2. The normalized spacial score (nSPS) is 18.8. The summed E-state index contributed by atoms with van der Waals surface area (Å²) in [4.78, 5) is 8.45. The molecule has 0 bridgehead atoms. The second kappa shape index (κ2) is 4.61. The van der Waals surface area contributed by atoms with Crippen LogP contribution in [0.15, 0.2) is 23.6 Å². The summed E-state index contributed by atoms with van der Waals surface area (Å²) in [6.07, 6.45) is 10.5. The van der Waals surface area contributed by atoms with Gasteiger partial charge in [-0.25, -0.2) is 9.97 Å². The molecule has 1 aliphatic carbocycles. The smallest absolute Gasteiger partial charge is 0.187 e. The third-order valence-electron chi connectivity index (χ3n) is 2.37. The van der Waals surface area contributed by atoms with Crippen LogP contribution in [0.25, 0.3) is 0 Å². The molecule has 1 aromatic rings. The summed E-state index contributed by atoms with van der Waals surface area (Å²) in [5.74, 6) is 0. The Balaban J connectivity index is 1.90. The zero-order valence-electron chi connectivity index (χ0n) is 7.65. The van der Waals surface area contributed by atoms with Gasteiger partial charge >= 0.3 is 0 Å². The van der Waals surface area contributed by atoms with Gasteiger partial charge in [0, 0.05) is 17.6 Å². The third kappa shape index (κ3) is 2.69. The zero-order valence-corrected chi connectivity index (χ0v) is 8.46. The van der Waals surface area contributed by atoms with Crippen LogP contribution in [0.1, 0.15) is 32.1 Å². The molecule has 0 aromatic carbocycles. The van der Waals surface area contributed by atoms with Crippen molar-refractivity contribution in [1.82, 2.24) is 9.97 Å². The van der Waals surface area contributed by atoms with E-state index in [0.717, 1.165) is 10.4 Å². The van der Waals surface area contributed by atoms with Crippen LogP contribution < -0.4 is 0 Å². The summed E-state index contributed by atoms with van der Waals surface area (Å²) in [6, 6.07) is 1.87. The number of hydrogen-bond donors (Lipinski definition) is 0.